The Kier molecular flexibility index (Phi) is 21.9. The van der Waals surface area contributed by atoms with Gasteiger partial charge in [-0.15, -0.1) is 0 Å². The minimum absolute atomic E-state index is 0.0486. The van der Waals surface area contributed by atoms with Crippen molar-refractivity contribution in [3.63, 3.8) is 0 Å². The molecular weight excluding hydrogens is 192 g/mol. The van der Waals surface area contributed by atoms with E-state index in [-0.39, 0.29) is 18.6 Å². The number of rotatable bonds is 3. The molecule has 0 atom stereocenters. The highest BCUT2D eigenvalue weighted by Gasteiger charge is 1.99. The lowest BCUT2D eigenvalue weighted by Crippen LogP contribution is -2.00. The van der Waals surface area contributed by atoms with Gasteiger partial charge in [0.1, 0.15) is 0 Å². The first-order chi connectivity index (χ1) is 6.51. The van der Waals surface area contributed by atoms with Crippen LogP contribution in [0.5, 0.6) is 0 Å². The molecule has 7 nitrogen and oxygen atoms in total. The minimum Gasteiger partial charge on any atom is -0.478 e. The van der Waals surface area contributed by atoms with Crippen molar-refractivity contribution >= 4 is 18.1 Å². The first-order valence-electron chi connectivity index (χ1n) is 3.11. The molecule has 0 aromatic heterocycles. The average molecular weight is 202 g/mol. The van der Waals surface area contributed by atoms with Gasteiger partial charge in [-0.1, -0.05) is 6.58 Å². The largest absolute Gasteiger partial charge is 0.478 e. The Hall–Kier alpha value is -2.07. The monoisotopic (exact) mass is 202 g/mol. The maximum Gasteiger partial charge on any atom is 0.331 e. The van der Waals surface area contributed by atoms with Crippen molar-refractivity contribution in [2.75, 3.05) is 6.61 Å². The molecule has 0 heterocycles. The SMILES string of the molecule is C=C(CCO)C(=O)O.N=C=O.N=C=O. The lowest BCUT2D eigenvalue weighted by Gasteiger charge is -1.91. The molecule has 0 saturated heterocycles. The zero-order chi connectivity index (χ0) is 12.0. The Morgan fingerprint density at radius 2 is 1.57 bits per heavy atom. The maximum absolute atomic E-state index is 9.88. The molecule has 7 heteroatoms. The van der Waals surface area contributed by atoms with E-state index in [4.69, 9.17) is 30.6 Å². The van der Waals surface area contributed by atoms with E-state index in [1.54, 1.807) is 0 Å². The summed E-state index contributed by atoms with van der Waals surface area (Å²) >= 11 is 0. The van der Waals surface area contributed by atoms with Gasteiger partial charge in [0, 0.05) is 18.6 Å². The third-order valence-electron chi connectivity index (χ3n) is 0.716. The number of aliphatic hydroxyl groups excluding tert-OH is 1. The van der Waals surface area contributed by atoms with Gasteiger partial charge in [-0.05, 0) is 0 Å². The lowest BCUT2D eigenvalue weighted by molar-refractivity contribution is -0.132. The number of carboxylic acids is 1. The van der Waals surface area contributed by atoms with Gasteiger partial charge in [0.25, 0.3) is 0 Å². The van der Waals surface area contributed by atoms with Crippen LogP contribution in [-0.4, -0.2) is 34.9 Å². The number of carboxylic acid groups (broad SMARTS) is 1. The van der Waals surface area contributed by atoms with Crippen molar-refractivity contribution in [1.29, 1.82) is 10.8 Å². The number of hydrogen-bond donors (Lipinski definition) is 4. The molecular formula is C7H10N2O5. The Bertz CT molecular complexity index is 224. The summed E-state index contributed by atoms with van der Waals surface area (Å²) in [4.78, 5) is 26.6. The molecule has 0 fully saturated rings. The molecule has 0 spiro atoms. The van der Waals surface area contributed by atoms with Crippen LogP contribution in [-0.2, 0) is 14.4 Å². The van der Waals surface area contributed by atoms with E-state index < -0.39 is 5.97 Å². The van der Waals surface area contributed by atoms with Crippen molar-refractivity contribution in [2.24, 2.45) is 0 Å². The zero-order valence-electron chi connectivity index (χ0n) is 7.24. The smallest absolute Gasteiger partial charge is 0.331 e. The summed E-state index contributed by atoms with van der Waals surface area (Å²) in [7, 11) is 0. The normalized spacial score (nSPS) is 6.07. The average Bonchev–Trinajstić information content (AvgIpc) is 2.07. The summed E-state index contributed by atoms with van der Waals surface area (Å²) in [5.74, 6) is -1.04. The molecule has 4 N–H and O–H groups in total. The second-order valence-corrected chi connectivity index (χ2v) is 1.59. The molecule has 0 aromatic carbocycles. The number of aliphatic carboxylic acids is 1. The van der Waals surface area contributed by atoms with Gasteiger partial charge in [0.05, 0.1) is 0 Å². The van der Waals surface area contributed by atoms with Crippen LogP contribution in [0, 0.1) is 10.8 Å². The van der Waals surface area contributed by atoms with Crippen LogP contribution in [0.15, 0.2) is 12.2 Å². The van der Waals surface area contributed by atoms with Crippen molar-refractivity contribution in [1.82, 2.24) is 0 Å². The molecule has 0 aliphatic rings. The second kappa shape index (κ2) is 17.1. The van der Waals surface area contributed by atoms with Crippen LogP contribution in [0.3, 0.4) is 0 Å². The molecule has 0 bridgehead atoms. The quantitative estimate of drug-likeness (QED) is 0.285. The summed E-state index contributed by atoms with van der Waals surface area (Å²) in [6, 6.07) is 0. The van der Waals surface area contributed by atoms with Crippen LogP contribution >= 0.6 is 0 Å². The number of aliphatic hydroxyl groups is 1. The van der Waals surface area contributed by atoms with Crippen molar-refractivity contribution in [2.45, 2.75) is 6.42 Å². The molecule has 0 rings (SSSR count). The summed E-state index contributed by atoms with van der Waals surface area (Å²) < 4.78 is 0. The van der Waals surface area contributed by atoms with Crippen LogP contribution in [0.1, 0.15) is 6.42 Å². The van der Waals surface area contributed by atoms with E-state index in [1.165, 1.54) is 0 Å². The number of carbonyl (C=O) groups excluding carboxylic acids is 2. The van der Waals surface area contributed by atoms with Gasteiger partial charge in [0.15, 0.2) is 0 Å². The van der Waals surface area contributed by atoms with E-state index in [9.17, 15) is 4.79 Å². The zero-order valence-corrected chi connectivity index (χ0v) is 7.24. The predicted octanol–water partition coefficient (Wildman–Crippen LogP) is -0.188. The van der Waals surface area contributed by atoms with Crippen molar-refractivity contribution < 1.29 is 24.6 Å². The Labute approximate surface area is 79.7 Å². The molecule has 0 aliphatic heterocycles. The summed E-state index contributed by atoms with van der Waals surface area (Å²) in [5, 5.41) is 27.1. The molecule has 0 radical (unpaired) electrons. The topological polar surface area (TPSA) is 139 Å². The van der Waals surface area contributed by atoms with Gasteiger partial charge in [-0.2, -0.15) is 0 Å². The Morgan fingerprint density at radius 1 is 1.29 bits per heavy atom. The van der Waals surface area contributed by atoms with Gasteiger partial charge >= 0.3 is 5.97 Å². The molecule has 0 amide bonds. The first kappa shape index (κ1) is 17.9. The van der Waals surface area contributed by atoms with Crippen LogP contribution in [0.2, 0.25) is 0 Å². The summed E-state index contributed by atoms with van der Waals surface area (Å²) in [6.07, 6.45) is 1.65. The van der Waals surface area contributed by atoms with E-state index in [1.807, 2.05) is 0 Å². The highest BCUT2D eigenvalue weighted by Crippen LogP contribution is 1.94. The number of isocyanates is 2. The second-order valence-electron chi connectivity index (χ2n) is 1.59. The number of carbonyl (C=O) groups is 1. The van der Waals surface area contributed by atoms with Gasteiger partial charge in [-0.3, -0.25) is 0 Å². The molecule has 0 aromatic rings. The van der Waals surface area contributed by atoms with Crippen LogP contribution < -0.4 is 0 Å². The first-order valence-corrected chi connectivity index (χ1v) is 3.11. The van der Waals surface area contributed by atoms with Crippen molar-refractivity contribution in [3.8, 4) is 0 Å². The van der Waals surface area contributed by atoms with E-state index in [0.29, 0.717) is 0 Å². The van der Waals surface area contributed by atoms with E-state index >= 15 is 0 Å². The van der Waals surface area contributed by atoms with Crippen LogP contribution in [0.4, 0.5) is 0 Å². The fourth-order valence-electron chi connectivity index (χ4n) is 0.242. The standard InChI is InChI=1S/C5H8O3.2CHNO/c1-4(2-3-6)5(7)8;2*2-1-3/h6H,1-3H2,(H,7,8);2*2H. The highest BCUT2D eigenvalue weighted by atomic mass is 16.4. The van der Waals surface area contributed by atoms with Crippen molar-refractivity contribution in [3.05, 3.63) is 12.2 Å². The van der Waals surface area contributed by atoms with Gasteiger partial charge in [0.2, 0.25) is 12.2 Å². The number of hydrogen-bond acceptors (Lipinski definition) is 6. The minimum atomic E-state index is -1.04. The van der Waals surface area contributed by atoms with Gasteiger partial charge in [-0.25, -0.2) is 25.2 Å². The third kappa shape index (κ3) is 32.6. The lowest BCUT2D eigenvalue weighted by atomic mass is 10.2. The molecule has 14 heavy (non-hydrogen) atoms. The fourth-order valence-corrected chi connectivity index (χ4v) is 0.242. The fraction of sp³-hybridized carbons (Fsp3) is 0.286. The van der Waals surface area contributed by atoms with Crippen LogP contribution in [0.25, 0.3) is 0 Å². The Balaban J connectivity index is -0.000000168. The molecule has 78 valence electrons. The van der Waals surface area contributed by atoms with E-state index in [2.05, 4.69) is 6.58 Å². The highest BCUT2D eigenvalue weighted by molar-refractivity contribution is 5.85. The third-order valence-corrected chi connectivity index (χ3v) is 0.716. The van der Waals surface area contributed by atoms with Gasteiger partial charge < -0.3 is 10.2 Å². The molecule has 0 aliphatic carbocycles. The maximum atomic E-state index is 9.88. The summed E-state index contributed by atoms with van der Waals surface area (Å²) in [5.41, 5.74) is 0.0486. The number of nitrogens with one attached hydrogen (secondary N) is 2. The Morgan fingerprint density at radius 3 is 1.64 bits per heavy atom. The predicted molar refractivity (Wildman–Crippen MR) is 45.3 cm³/mol. The van der Waals surface area contributed by atoms with E-state index in [0.717, 1.165) is 12.2 Å². The summed E-state index contributed by atoms with van der Waals surface area (Å²) in [6.45, 7) is 3.04. The molecule has 0 unspecified atom stereocenters. The molecule has 0 saturated carbocycles.